The molecule has 1 saturated carbocycles. The van der Waals surface area contributed by atoms with Crippen molar-refractivity contribution in [3.63, 3.8) is 0 Å². The zero-order valence-electron chi connectivity index (χ0n) is 9.23. The highest BCUT2D eigenvalue weighted by atomic mass is 35.5. The highest BCUT2D eigenvalue weighted by Gasteiger charge is 2.21. The number of hydrogen-bond acceptors (Lipinski definition) is 3. The molecule has 3 nitrogen and oxygen atoms in total. The van der Waals surface area contributed by atoms with E-state index >= 15 is 0 Å². The molecule has 1 aliphatic rings. The molecule has 0 amide bonds. The summed E-state index contributed by atoms with van der Waals surface area (Å²) in [5.74, 6) is 0.708. The van der Waals surface area contributed by atoms with Gasteiger partial charge in [0.2, 0.25) is 5.95 Å². The average molecular weight is 246 g/mol. The Bertz CT molecular complexity index is 520. The quantitative estimate of drug-likeness (QED) is 0.901. The highest BCUT2D eigenvalue weighted by Crippen LogP contribution is 2.24. The van der Waals surface area contributed by atoms with E-state index < -0.39 is 0 Å². The minimum atomic E-state index is 0.565. The smallest absolute Gasteiger partial charge is 0.223 e. The molecular weight excluding hydrogens is 234 g/mol. The van der Waals surface area contributed by atoms with E-state index in [4.69, 9.17) is 11.6 Å². The topological polar surface area (TPSA) is 37.8 Å². The van der Waals surface area contributed by atoms with E-state index in [2.05, 4.69) is 15.3 Å². The van der Waals surface area contributed by atoms with Gasteiger partial charge in [0.15, 0.2) is 0 Å². The summed E-state index contributed by atoms with van der Waals surface area (Å²) in [6.07, 6.45) is 4.21. The summed E-state index contributed by atoms with van der Waals surface area (Å²) < 4.78 is 0. The summed E-state index contributed by atoms with van der Waals surface area (Å²) in [4.78, 5) is 8.70. The number of rotatable bonds is 3. The Morgan fingerprint density at radius 3 is 2.59 bits per heavy atom. The van der Waals surface area contributed by atoms with Gasteiger partial charge in [-0.15, -0.1) is 0 Å². The number of halogens is 1. The van der Waals surface area contributed by atoms with Gasteiger partial charge in [-0.3, -0.25) is 0 Å². The minimum Gasteiger partial charge on any atom is -0.351 e. The Labute approximate surface area is 105 Å². The lowest BCUT2D eigenvalue weighted by molar-refractivity contribution is 1.06. The monoisotopic (exact) mass is 245 g/mol. The molecule has 0 radical (unpaired) electrons. The highest BCUT2D eigenvalue weighted by molar-refractivity contribution is 6.30. The fraction of sp³-hybridized carbons (Fsp3) is 0.231. The van der Waals surface area contributed by atoms with Crippen LogP contribution in [0.1, 0.15) is 12.8 Å². The lowest BCUT2D eigenvalue weighted by Crippen LogP contribution is -2.05. The van der Waals surface area contributed by atoms with Crippen LogP contribution in [0, 0.1) is 0 Å². The van der Waals surface area contributed by atoms with Gasteiger partial charge >= 0.3 is 0 Å². The van der Waals surface area contributed by atoms with Crippen LogP contribution in [0.25, 0.3) is 11.3 Å². The summed E-state index contributed by atoms with van der Waals surface area (Å²) in [5, 5.41) is 4.02. The van der Waals surface area contributed by atoms with Gasteiger partial charge < -0.3 is 5.32 Å². The van der Waals surface area contributed by atoms with Gasteiger partial charge in [-0.2, -0.15) is 0 Å². The van der Waals surface area contributed by atoms with Gasteiger partial charge in [0.05, 0.1) is 5.69 Å². The van der Waals surface area contributed by atoms with Crippen LogP contribution in [0.2, 0.25) is 5.02 Å². The molecule has 0 unspecified atom stereocenters. The molecule has 0 bridgehead atoms. The summed E-state index contributed by atoms with van der Waals surface area (Å²) in [6.45, 7) is 0. The van der Waals surface area contributed by atoms with Crippen molar-refractivity contribution in [2.75, 3.05) is 5.32 Å². The summed E-state index contributed by atoms with van der Waals surface area (Å²) >= 11 is 5.86. The van der Waals surface area contributed by atoms with Crippen LogP contribution in [-0.2, 0) is 0 Å². The van der Waals surface area contributed by atoms with Gasteiger partial charge in [-0.25, -0.2) is 9.97 Å². The molecule has 0 aliphatic heterocycles. The third-order valence-corrected chi connectivity index (χ3v) is 2.96. The predicted molar refractivity (Wildman–Crippen MR) is 69.1 cm³/mol. The Morgan fingerprint density at radius 2 is 1.88 bits per heavy atom. The molecule has 86 valence electrons. The third-order valence-electron chi connectivity index (χ3n) is 2.71. The molecule has 1 fully saturated rings. The van der Waals surface area contributed by atoms with Crippen molar-refractivity contribution in [3.05, 3.63) is 41.6 Å². The lowest BCUT2D eigenvalue weighted by Gasteiger charge is -2.05. The van der Waals surface area contributed by atoms with Gasteiger partial charge in [0, 0.05) is 22.8 Å². The van der Waals surface area contributed by atoms with Crippen molar-refractivity contribution >= 4 is 17.5 Å². The average Bonchev–Trinajstić information content (AvgIpc) is 3.14. The Balaban J connectivity index is 1.88. The second kappa shape index (κ2) is 4.34. The van der Waals surface area contributed by atoms with Crippen molar-refractivity contribution in [1.82, 2.24) is 9.97 Å². The van der Waals surface area contributed by atoms with Crippen LogP contribution in [0.4, 0.5) is 5.95 Å². The lowest BCUT2D eigenvalue weighted by atomic mass is 10.1. The summed E-state index contributed by atoms with van der Waals surface area (Å²) in [5.41, 5.74) is 1.97. The normalized spacial score (nSPS) is 14.6. The van der Waals surface area contributed by atoms with Crippen molar-refractivity contribution in [2.45, 2.75) is 18.9 Å². The molecule has 1 aromatic heterocycles. The molecule has 1 aromatic carbocycles. The molecule has 17 heavy (non-hydrogen) atoms. The Hall–Kier alpha value is -1.61. The number of benzene rings is 1. The van der Waals surface area contributed by atoms with E-state index in [0.717, 1.165) is 16.3 Å². The molecular formula is C13H12ClN3. The molecule has 3 rings (SSSR count). The van der Waals surface area contributed by atoms with Gasteiger partial charge in [-0.05, 0) is 31.0 Å². The first-order valence-corrected chi connectivity index (χ1v) is 6.04. The van der Waals surface area contributed by atoms with Crippen molar-refractivity contribution in [1.29, 1.82) is 0 Å². The maximum atomic E-state index is 5.86. The first-order chi connectivity index (χ1) is 8.31. The van der Waals surface area contributed by atoms with Crippen molar-refractivity contribution < 1.29 is 0 Å². The van der Waals surface area contributed by atoms with Gasteiger partial charge in [-0.1, -0.05) is 23.7 Å². The largest absolute Gasteiger partial charge is 0.351 e. The van der Waals surface area contributed by atoms with Crippen LogP contribution in [-0.4, -0.2) is 16.0 Å². The second-order valence-electron chi connectivity index (χ2n) is 4.19. The molecule has 0 atom stereocenters. The Kier molecular flexibility index (Phi) is 2.69. The fourth-order valence-electron chi connectivity index (χ4n) is 1.62. The molecule has 1 heterocycles. The first kappa shape index (κ1) is 10.5. The summed E-state index contributed by atoms with van der Waals surface area (Å²) in [6, 6.07) is 10.1. The molecule has 4 heteroatoms. The number of hydrogen-bond donors (Lipinski definition) is 1. The number of nitrogens with one attached hydrogen (secondary N) is 1. The predicted octanol–water partition coefficient (Wildman–Crippen LogP) is 3.37. The van der Waals surface area contributed by atoms with Crippen LogP contribution >= 0.6 is 11.6 Å². The maximum Gasteiger partial charge on any atom is 0.223 e. The standard InChI is InChI=1S/C13H12ClN3/c14-10-3-1-9(2-4-10)12-7-8-15-13(17-12)16-11-5-6-11/h1-4,7-8,11H,5-6H2,(H,15,16,17). The van der Waals surface area contributed by atoms with Crippen LogP contribution in [0.15, 0.2) is 36.5 Å². The van der Waals surface area contributed by atoms with Crippen LogP contribution in [0.5, 0.6) is 0 Å². The fourth-order valence-corrected chi connectivity index (χ4v) is 1.75. The van der Waals surface area contributed by atoms with Crippen molar-refractivity contribution in [2.24, 2.45) is 0 Å². The van der Waals surface area contributed by atoms with E-state index in [9.17, 15) is 0 Å². The molecule has 0 spiro atoms. The zero-order valence-corrected chi connectivity index (χ0v) is 9.98. The second-order valence-corrected chi connectivity index (χ2v) is 4.63. The van der Waals surface area contributed by atoms with Gasteiger partial charge in [0.25, 0.3) is 0 Å². The van der Waals surface area contributed by atoms with E-state index in [1.165, 1.54) is 12.8 Å². The molecule has 0 saturated heterocycles. The number of anilines is 1. The SMILES string of the molecule is Clc1ccc(-c2ccnc(NC3CC3)n2)cc1. The summed E-state index contributed by atoms with van der Waals surface area (Å²) in [7, 11) is 0. The number of aromatic nitrogens is 2. The van der Waals surface area contributed by atoms with Crippen LogP contribution in [0.3, 0.4) is 0 Å². The molecule has 2 aromatic rings. The molecule has 1 aliphatic carbocycles. The van der Waals surface area contributed by atoms with Crippen LogP contribution < -0.4 is 5.32 Å². The van der Waals surface area contributed by atoms with E-state index in [1.807, 2.05) is 30.3 Å². The Morgan fingerprint density at radius 1 is 1.12 bits per heavy atom. The van der Waals surface area contributed by atoms with E-state index in [0.29, 0.717) is 12.0 Å². The molecule has 1 N–H and O–H groups in total. The maximum absolute atomic E-state index is 5.86. The number of nitrogens with zero attached hydrogens (tertiary/aromatic N) is 2. The van der Waals surface area contributed by atoms with E-state index in [-0.39, 0.29) is 0 Å². The van der Waals surface area contributed by atoms with Crippen molar-refractivity contribution in [3.8, 4) is 11.3 Å². The first-order valence-electron chi connectivity index (χ1n) is 5.67. The third kappa shape index (κ3) is 2.56. The van der Waals surface area contributed by atoms with Gasteiger partial charge in [0.1, 0.15) is 0 Å². The van der Waals surface area contributed by atoms with E-state index in [1.54, 1.807) is 6.20 Å². The minimum absolute atomic E-state index is 0.565. The zero-order chi connectivity index (χ0) is 11.7.